The van der Waals surface area contributed by atoms with Gasteiger partial charge < -0.3 is 15.4 Å². The molecule has 0 saturated carbocycles. The topological polar surface area (TPSA) is 63.2 Å². The summed E-state index contributed by atoms with van der Waals surface area (Å²) in [6, 6.07) is 16.2. The van der Waals surface area contributed by atoms with Crippen molar-refractivity contribution < 1.29 is 13.9 Å². The Morgan fingerprint density at radius 3 is 2.54 bits per heavy atom. The van der Waals surface area contributed by atoms with E-state index in [1.54, 1.807) is 24.4 Å². The highest BCUT2D eigenvalue weighted by Gasteiger charge is 2.20. The minimum absolute atomic E-state index is 0.117. The lowest BCUT2D eigenvalue weighted by molar-refractivity contribution is 0.262. The van der Waals surface area contributed by atoms with Crippen molar-refractivity contribution in [2.75, 3.05) is 10.6 Å². The molecule has 0 fully saturated rings. The molecule has 2 amide bonds. The van der Waals surface area contributed by atoms with Gasteiger partial charge in [-0.2, -0.15) is 0 Å². The molecule has 1 aromatic heterocycles. The molecule has 0 unspecified atom stereocenters. The average molecular weight is 379 g/mol. The lowest BCUT2D eigenvalue weighted by Crippen LogP contribution is -2.20. The van der Waals surface area contributed by atoms with E-state index in [1.165, 1.54) is 18.2 Å². The first-order chi connectivity index (χ1) is 13.3. The van der Waals surface area contributed by atoms with E-state index >= 15 is 0 Å². The summed E-state index contributed by atoms with van der Waals surface area (Å²) < 4.78 is 19.3. The van der Waals surface area contributed by atoms with E-state index in [0.29, 0.717) is 17.1 Å². The first kappa shape index (κ1) is 19.4. The molecule has 0 radical (unpaired) electrons. The highest BCUT2D eigenvalue weighted by atomic mass is 19.1. The maximum atomic E-state index is 13.3. The molecule has 6 heteroatoms. The molecule has 0 bridgehead atoms. The second-order valence-electron chi connectivity index (χ2n) is 7.29. The molecule has 0 spiro atoms. The van der Waals surface area contributed by atoms with Crippen molar-refractivity contribution in [3.63, 3.8) is 0 Å². The Morgan fingerprint density at radius 1 is 1.00 bits per heavy atom. The Bertz CT molecular complexity index is 983. The van der Waals surface area contributed by atoms with Crippen LogP contribution in [0.15, 0.2) is 66.9 Å². The number of urea groups is 1. The number of carbonyl (C=O) groups is 1. The maximum Gasteiger partial charge on any atom is 0.323 e. The number of hydrogen-bond donors (Lipinski definition) is 2. The lowest BCUT2D eigenvalue weighted by atomic mass is 9.86. The summed E-state index contributed by atoms with van der Waals surface area (Å²) in [7, 11) is 0. The molecule has 3 aromatic rings. The normalized spacial score (nSPS) is 11.0. The van der Waals surface area contributed by atoms with Gasteiger partial charge in [0.15, 0.2) is 0 Å². The fraction of sp³-hybridized carbons (Fsp3) is 0.182. The number of pyridine rings is 1. The number of nitrogens with one attached hydrogen (secondary N) is 2. The zero-order valence-corrected chi connectivity index (χ0v) is 16.0. The Balaban J connectivity index is 1.80. The van der Waals surface area contributed by atoms with Gasteiger partial charge in [-0.1, -0.05) is 45.0 Å². The van der Waals surface area contributed by atoms with Gasteiger partial charge in [-0.3, -0.25) is 0 Å². The van der Waals surface area contributed by atoms with E-state index in [1.807, 2.05) is 24.3 Å². The number of aromatic nitrogens is 1. The molecule has 2 N–H and O–H groups in total. The van der Waals surface area contributed by atoms with Crippen LogP contribution in [0.5, 0.6) is 11.6 Å². The van der Waals surface area contributed by atoms with E-state index in [-0.39, 0.29) is 11.3 Å². The summed E-state index contributed by atoms with van der Waals surface area (Å²) >= 11 is 0. The summed E-state index contributed by atoms with van der Waals surface area (Å²) in [4.78, 5) is 16.5. The number of rotatable bonds is 4. The predicted molar refractivity (Wildman–Crippen MR) is 108 cm³/mol. The SMILES string of the molecule is CC(C)(C)c1ccccc1Oc1ncccc1NC(=O)Nc1cccc(F)c1. The molecule has 28 heavy (non-hydrogen) atoms. The second-order valence-corrected chi connectivity index (χ2v) is 7.29. The molecular formula is C22H22FN3O2. The Hall–Kier alpha value is -3.41. The molecule has 0 aliphatic rings. The van der Waals surface area contributed by atoms with Gasteiger partial charge in [-0.05, 0) is 41.8 Å². The van der Waals surface area contributed by atoms with Crippen molar-refractivity contribution in [3.05, 3.63) is 78.2 Å². The standard InChI is InChI=1S/C22H22FN3O2/c1-22(2,3)17-10-4-5-12-19(17)28-20-18(11-7-13-24-20)26-21(27)25-16-9-6-8-15(23)14-16/h4-14H,1-3H3,(H2,25,26,27). The first-order valence-electron chi connectivity index (χ1n) is 8.89. The van der Waals surface area contributed by atoms with E-state index in [2.05, 4.69) is 36.4 Å². The zero-order valence-electron chi connectivity index (χ0n) is 16.0. The van der Waals surface area contributed by atoms with Crippen LogP contribution in [-0.2, 0) is 5.41 Å². The minimum atomic E-state index is -0.521. The van der Waals surface area contributed by atoms with Crippen LogP contribution in [0.1, 0.15) is 26.3 Å². The third-order valence-corrected chi connectivity index (χ3v) is 4.00. The predicted octanol–water partition coefficient (Wildman–Crippen LogP) is 5.95. The van der Waals surface area contributed by atoms with Gasteiger partial charge in [-0.25, -0.2) is 14.2 Å². The number of carbonyl (C=O) groups excluding carboxylic acids is 1. The van der Waals surface area contributed by atoms with Gasteiger partial charge in [0.05, 0.1) is 0 Å². The number of nitrogens with zero attached hydrogens (tertiary/aromatic N) is 1. The fourth-order valence-electron chi connectivity index (χ4n) is 2.70. The highest BCUT2D eigenvalue weighted by Crippen LogP contribution is 2.35. The third kappa shape index (κ3) is 4.85. The Labute approximate surface area is 163 Å². The molecular weight excluding hydrogens is 357 g/mol. The quantitative estimate of drug-likeness (QED) is 0.588. The molecule has 2 aromatic carbocycles. The summed E-state index contributed by atoms with van der Waals surface area (Å²) in [5, 5.41) is 5.28. The van der Waals surface area contributed by atoms with Crippen LogP contribution < -0.4 is 15.4 Å². The number of halogens is 1. The van der Waals surface area contributed by atoms with Crippen LogP contribution in [0.2, 0.25) is 0 Å². The molecule has 0 atom stereocenters. The Morgan fingerprint density at radius 2 is 1.79 bits per heavy atom. The van der Waals surface area contributed by atoms with Gasteiger partial charge in [0.2, 0.25) is 5.88 Å². The number of amides is 2. The molecule has 1 heterocycles. The maximum absolute atomic E-state index is 13.3. The Kier molecular flexibility index (Phi) is 5.59. The number of hydrogen-bond acceptors (Lipinski definition) is 3. The van der Waals surface area contributed by atoms with Crippen LogP contribution in [0.25, 0.3) is 0 Å². The van der Waals surface area contributed by atoms with Crippen LogP contribution >= 0.6 is 0 Å². The van der Waals surface area contributed by atoms with Crippen LogP contribution in [0, 0.1) is 5.82 Å². The number of anilines is 2. The minimum Gasteiger partial charge on any atom is -0.437 e. The average Bonchev–Trinajstić information content (AvgIpc) is 2.63. The number of benzene rings is 2. The van der Waals surface area contributed by atoms with E-state index in [9.17, 15) is 9.18 Å². The smallest absolute Gasteiger partial charge is 0.323 e. The largest absolute Gasteiger partial charge is 0.437 e. The molecule has 144 valence electrons. The molecule has 0 aliphatic carbocycles. The summed E-state index contributed by atoms with van der Waals surface area (Å²) in [6.07, 6.45) is 1.59. The zero-order chi connectivity index (χ0) is 20.1. The van der Waals surface area contributed by atoms with Crippen LogP contribution in [-0.4, -0.2) is 11.0 Å². The lowest BCUT2D eigenvalue weighted by Gasteiger charge is -2.22. The fourth-order valence-corrected chi connectivity index (χ4v) is 2.70. The van der Waals surface area contributed by atoms with Gasteiger partial charge in [0.1, 0.15) is 17.3 Å². The van der Waals surface area contributed by atoms with E-state index < -0.39 is 11.8 Å². The van der Waals surface area contributed by atoms with Gasteiger partial charge >= 0.3 is 6.03 Å². The van der Waals surface area contributed by atoms with Crippen molar-refractivity contribution in [1.82, 2.24) is 4.98 Å². The van der Waals surface area contributed by atoms with Gasteiger partial charge in [-0.15, -0.1) is 0 Å². The molecule has 0 aliphatic heterocycles. The summed E-state index contributed by atoms with van der Waals surface area (Å²) in [5.41, 5.74) is 1.66. The molecule has 0 saturated heterocycles. The van der Waals surface area contributed by atoms with Crippen molar-refractivity contribution >= 4 is 17.4 Å². The third-order valence-electron chi connectivity index (χ3n) is 4.00. The highest BCUT2D eigenvalue weighted by molar-refractivity contribution is 6.00. The molecule has 3 rings (SSSR count). The van der Waals surface area contributed by atoms with Crippen molar-refractivity contribution in [1.29, 1.82) is 0 Å². The monoisotopic (exact) mass is 379 g/mol. The van der Waals surface area contributed by atoms with Gasteiger partial charge in [0, 0.05) is 17.4 Å². The van der Waals surface area contributed by atoms with E-state index in [0.717, 1.165) is 5.56 Å². The van der Waals surface area contributed by atoms with Crippen molar-refractivity contribution in [3.8, 4) is 11.6 Å². The second kappa shape index (κ2) is 8.08. The van der Waals surface area contributed by atoms with E-state index in [4.69, 9.17) is 4.74 Å². The van der Waals surface area contributed by atoms with Crippen molar-refractivity contribution in [2.45, 2.75) is 26.2 Å². The van der Waals surface area contributed by atoms with Gasteiger partial charge in [0.25, 0.3) is 0 Å². The van der Waals surface area contributed by atoms with Crippen LogP contribution in [0.4, 0.5) is 20.6 Å². The van der Waals surface area contributed by atoms with Crippen LogP contribution in [0.3, 0.4) is 0 Å². The summed E-state index contributed by atoms with van der Waals surface area (Å²) in [5.74, 6) is 0.512. The number of para-hydroxylation sites is 1. The summed E-state index contributed by atoms with van der Waals surface area (Å²) in [6.45, 7) is 6.29. The molecule has 5 nitrogen and oxygen atoms in total. The van der Waals surface area contributed by atoms with Crippen molar-refractivity contribution in [2.24, 2.45) is 0 Å². The number of ether oxygens (including phenoxy) is 1. The first-order valence-corrected chi connectivity index (χ1v) is 8.89.